The third-order valence-corrected chi connectivity index (χ3v) is 7.47. The van der Waals surface area contributed by atoms with Crippen LogP contribution in [-0.2, 0) is 17.1 Å². The van der Waals surface area contributed by atoms with E-state index in [2.05, 4.69) is 9.88 Å². The average molecular weight is 525 g/mol. The van der Waals surface area contributed by atoms with E-state index < -0.39 is 23.5 Å². The van der Waals surface area contributed by atoms with Gasteiger partial charge in [0.25, 0.3) is 0 Å². The number of piperazine rings is 1. The van der Waals surface area contributed by atoms with Gasteiger partial charge in [-0.25, -0.2) is 4.98 Å². The number of fused-ring (bicyclic) bond motifs is 2. The Kier molecular flexibility index (Phi) is 6.68. The number of anilines is 1. The van der Waals surface area contributed by atoms with Crippen molar-refractivity contribution < 1.29 is 31.1 Å². The van der Waals surface area contributed by atoms with E-state index in [0.29, 0.717) is 44.0 Å². The van der Waals surface area contributed by atoms with Gasteiger partial charge in [0.2, 0.25) is 5.91 Å². The van der Waals surface area contributed by atoms with E-state index in [4.69, 9.17) is 0 Å². The van der Waals surface area contributed by atoms with Gasteiger partial charge in [-0.15, -0.1) is 0 Å². The van der Waals surface area contributed by atoms with Crippen molar-refractivity contribution in [1.82, 2.24) is 14.8 Å². The number of alkyl halides is 6. The zero-order valence-corrected chi connectivity index (χ0v) is 19.9. The molecular weight excluding hydrogens is 498 g/mol. The van der Waals surface area contributed by atoms with Crippen molar-refractivity contribution in [2.45, 2.75) is 43.7 Å². The molecule has 2 saturated heterocycles. The minimum Gasteiger partial charge on any atom is -0.353 e. The van der Waals surface area contributed by atoms with Crippen LogP contribution in [0.1, 0.15) is 36.0 Å². The normalized spacial score (nSPS) is 22.8. The van der Waals surface area contributed by atoms with E-state index in [1.807, 2.05) is 11.0 Å². The van der Waals surface area contributed by atoms with Crippen LogP contribution in [0.15, 0.2) is 48.7 Å². The number of halogens is 6. The molecule has 1 amide bonds. The van der Waals surface area contributed by atoms with Crippen molar-refractivity contribution in [3.05, 3.63) is 65.4 Å². The third-order valence-electron chi connectivity index (χ3n) is 7.47. The molecular formula is C26H26F6N4O. The molecule has 0 spiro atoms. The predicted molar refractivity (Wildman–Crippen MR) is 126 cm³/mol. The van der Waals surface area contributed by atoms with Crippen LogP contribution in [0.5, 0.6) is 0 Å². The Bertz CT molecular complexity index is 1160. The van der Waals surface area contributed by atoms with Crippen molar-refractivity contribution in [2.75, 3.05) is 37.6 Å². The molecule has 3 aliphatic rings. The molecule has 0 saturated carbocycles. The van der Waals surface area contributed by atoms with Gasteiger partial charge in [-0.3, -0.25) is 9.69 Å². The molecule has 2 fully saturated rings. The van der Waals surface area contributed by atoms with Crippen LogP contribution in [0.2, 0.25) is 0 Å². The first-order valence-electron chi connectivity index (χ1n) is 12.2. The number of carbonyl (C=O) groups is 1. The van der Waals surface area contributed by atoms with Gasteiger partial charge < -0.3 is 9.80 Å². The number of amides is 1. The highest BCUT2D eigenvalue weighted by Crippen LogP contribution is 2.35. The lowest BCUT2D eigenvalue weighted by molar-refractivity contribution is -0.138. The van der Waals surface area contributed by atoms with Crippen molar-refractivity contribution in [2.24, 2.45) is 0 Å². The first-order valence-corrected chi connectivity index (χ1v) is 12.2. The Morgan fingerprint density at radius 2 is 1.65 bits per heavy atom. The number of rotatable bonds is 4. The first-order chi connectivity index (χ1) is 17.5. The summed E-state index contributed by atoms with van der Waals surface area (Å²) in [5.41, 5.74) is -0.151. The number of aromatic nitrogens is 1. The fourth-order valence-electron chi connectivity index (χ4n) is 5.49. The summed E-state index contributed by atoms with van der Waals surface area (Å²) in [6.45, 7) is 2.20. The standard InChI is InChI=1S/C26H26F6N4O/c27-25(28,29)19-3-1-2-18(12-19)17-8-10-34(11-9-17)24(37)16-36-21-5-6-22(36)15-35(14-21)23-7-4-20(13-33-23)26(30,31)32/h1-4,7-8,12-13,21-22H,5-6,9-11,14-16H2. The molecule has 3 aliphatic heterocycles. The van der Waals surface area contributed by atoms with Gasteiger partial charge in [-0.2, -0.15) is 26.3 Å². The van der Waals surface area contributed by atoms with Gasteiger partial charge in [0.15, 0.2) is 0 Å². The van der Waals surface area contributed by atoms with Gasteiger partial charge in [-0.1, -0.05) is 18.2 Å². The molecule has 37 heavy (non-hydrogen) atoms. The topological polar surface area (TPSA) is 39.7 Å². The maximum Gasteiger partial charge on any atom is 0.417 e. The Hall–Kier alpha value is -3.08. The third kappa shape index (κ3) is 5.46. The number of benzene rings is 1. The highest BCUT2D eigenvalue weighted by Gasteiger charge is 2.42. The summed E-state index contributed by atoms with van der Waals surface area (Å²) in [6, 6.07) is 7.88. The van der Waals surface area contributed by atoms with Crippen LogP contribution in [-0.4, -0.2) is 65.5 Å². The maximum atomic E-state index is 13.1. The molecule has 1 aromatic carbocycles. The second kappa shape index (κ2) is 9.66. The summed E-state index contributed by atoms with van der Waals surface area (Å²) in [5.74, 6) is 0.469. The number of nitrogens with zero attached hydrogens (tertiary/aromatic N) is 4. The second-order valence-corrected chi connectivity index (χ2v) is 9.76. The Morgan fingerprint density at radius 1 is 0.946 bits per heavy atom. The molecule has 0 N–H and O–H groups in total. The van der Waals surface area contributed by atoms with E-state index in [9.17, 15) is 31.1 Å². The second-order valence-electron chi connectivity index (χ2n) is 9.76. The molecule has 5 rings (SSSR count). The molecule has 2 unspecified atom stereocenters. The highest BCUT2D eigenvalue weighted by molar-refractivity contribution is 5.80. The Morgan fingerprint density at radius 3 is 2.22 bits per heavy atom. The van der Waals surface area contributed by atoms with Crippen molar-refractivity contribution in [3.63, 3.8) is 0 Å². The number of hydrogen-bond donors (Lipinski definition) is 0. The minimum absolute atomic E-state index is 0.0302. The van der Waals surface area contributed by atoms with Crippen LogP contribution in [0.25, 0.3) is 5.57 Å². The zero-order valence-electron chi connectivity index (χ0n) is 19.9. The Labute approximate surface area is 210 Å². The van der Waals surface area contributed by atoms with Gasteiger partial charge in [0.05, 0.1) is 17.7 Å². The van der Waals surface area contributed by atoms with Gasteiger partial charge in [-0.05, 0) is 54.7 Å². The molecule has 0 aliphatic carbocycles. The monoisotopic (exact) mass is 524 g/mol. The summed E-state index contributed by atoms with van der Waals surface area (Å²) in [6.07, 6.45) is -3.89. The molecule has 2 aromatic rings. The SMILES string of the molecule is O=C(CN1C2CCC1CN(c1ccc(C(F)(F)F)cn1)C2)N1CC=C(c2cccc(C(F)(F)F)c2)CC1. The smallest absolute Gasteiger partial charge is 0.353 e. The highest BCUT2D eigenvalue weighted by atomic mass is 19.4. The number of carbonyl (C=O) groups excluding carboxylic acids is 1. The van der Waals surface area contributed by atoms with Gasteiger partial charge >= 0.3 is 12.4 Å². The van der Waals surface area contributed by atoms with Crippen LogP contribution in [0.4, 0.5) is 32.2 Å². The lowest BCUT2D eigenvalue weighted by Gasteiger charge is -2.42. The molecule has 0 radical (unpaired) electrons. The van der Waals surface area contributed by atoms with E-state index in [-0.39, 0.29) is 24.5 Å². The largest absolute Gasteiger partial charge is 0.417 e. The average Bonchev–Trinajstić information content (AvgIpc) is 3.09. The Balaban J connectivity index is 1.18. The molecule has 11 heteroatoms. The van der Waals surface area contributed by atoms with E-state index in [1.165, 1.54) is 12.1 Å². The predicted octanol–water partition coefficient (Wildman–Crippen LogP) is 5.09. The summed E-state index contributed by atoms with van der Waals surface area (Å²) < 4.78 is 77.7. The van der Waals surface area contributed by atoms with Crippen molar-refractivity contribution in [1.29, 1.82) is 0 Å². The van der Waals surface area contributed by atoms with E-state index in [1.54, 1.807) is 11.0 Å². The molecule has 2 bridgehead atoms. The van der Waals surface area contributed by atoms with Gasteiger partial charge in [0, 0.05) is 44.5 Å². The minimum atomic E-state index is -4.43. The summed E-state index contributed by atoms with van der Waals surface area (Å²) in [5, 5.41) is 0. The number of hydrogen-bond acceptors (Lipinski definition) is 4. The van der Waals surface area contributed by atoms with Crippen molar-refractivity contribution in [3.8, 4) is 0 Å². The summed E-state index contributed by atoms with van der Waals surface area (Å²) in [4.78, 5) is 23.0. The van der Waals surface area contributed by atoms with Crippen LogP contribution in [0, 0.1) is 0 Å². The molecule has 2 atom stereocenters. The molecule has 198 valence electrons. The zero-order chi connectivity index (χ0) is 26.4. The first kappa shape index (κ1) is 25.6. The molecule has 5 nitrogen and oxygen atoms in total. The lowest BCUT2D eigenvalue weighted by Crippen LogP contribution is -2.56. The van der Waals surface area contributed by atoms with E-state index >= 15 is 0 Å². The lowest BCUT2D eigenvalue weighted by atomic mass is 9.97. The number of pyridine rings is 1. The maximum absolute atomic E-state index is 13.1. The summed E-state index contributed by atoms with van der Waals surface area (Å²) in [7, 11) is 0. The van der Waals surface area contributed by atoms with E-state index in [0.717, 1.165) is 42.8 Å². The molecule has 1 aromatic heterocycles. The fourth-order valence-corrected chi connectivity index (χ4v) is 5.49. The fraction of sp³-hybridized carbons (Fsp3) is 0.462. The summed E-state index contributed by atoms with van der Waals surface area (Å²) >= 11 is 0. The van der Waals surface area contributed by atoms with Gasteiger partial charge in [0.1, 0.15) is 5.82 Å². The molecule has 4 heterocycles. The van der Waals surface area contributed by atoms with Crippen LogP contribution >= 0.6 is 0 Å². The van der Waals surface area contributed by atoms with Crippen molar-refractivity contribution >= 4 is 17.3 Å². The van der Waals surface area contributed by atoms with Crippen LogP contribution < -0.4 is 4.90 Å². The quantitative estimate of drug-likeness (QED) is 0.523. The van der Waals surface area contributed by atoms with Crippen LogP contribution in [0.3, 0.4) is 0 Å².